The van der Waals surface area contributed by atoms with E-state index in [2.05, 4.69) is 26.6 Å². The molecule has 0 spiro atoms. The predicted molar refractivity (Wildman–Crippen MR) is 74.6 cm³/mol. The summed E-state index contributed by atoms with van der Waals surface area (Å²) >= 11 is 3.34. The number of aliphatic hydroxyl groups is 1. The maximum Gasteiger partial charge on any atom is 0.319 e. The SMILES string of the molecule is O=C(Nc1ccc(Br)cc1)NC1(CO)CCCC1. The Morgan fingerprint density at radius 1 is 1.28 bits per heavy atom. The number of hydrogen-bond acceptors (Lipinski definition) is 2. The Hall–Kier alpha value is -1.07. The number of aliphatic hydroxyl groups excluding tert-OH is 1. The minimum absolute atomic E-state index is 0.000752. The van der Waals surface area contributed by atoms with Gasteiger partial charge in [0.05, 0.1) is 12.1 Å². The molecule has 0 saturated heterocycles. The molecule has 1 aromatic rings. The second kappa shape index (κ2) is 5.71. The van der Waals surface area contributed by atoms with Gasteiger partial charge in [-0.05, 0) is 37.1 Å². The fourth-order valence-electron chi connectivity index (χ4n) is 2.31. The number of amides is 2. The summed E-state index contributed by atoms with van der Waals surface area (Å²) in [5, 5.41) is 15.1. The van der Waals surface area contributed by atoms with Crippen LogP contribution in [0.15, 0.2) is 28.7 Å². The molecule has 1 aliphatic rings. The average Bonchev–Trinajstić information content (AvgIpc) is 2.81. The highest BCUT2D eigenvalue weighted by molar-refractivity contribution is 9.10. The van der Waals surface area contributed by atoms with Crippen molar-refractivity contribution >= 4 is 27.6 Å². The van der Waals surface area contributed by atoms with Gasteiger partial charge in [-0.25, -0.2) is 4.79 Å². The number of nitrogens with one attached hydrogen (secondary N) is 2. The molecule has 2 rings (SSSR count). The van der Waals surface area contributed by atoms with Crippen LogP contribution in [-0.2, 0) is 0 Å². The van der Waals surface area contributed by atoms with Crippen molar-refractivity contribution in [3.05, 3.63) is 28.7 Å². The molecule has 3 N–H and O–H groups in total. The summed E-state index contributed by atoms with van der Waals surface area (Å²) in [6.45, 7) is 0.000752. The van der Waals surface area contributed by atoms with Crippen LogP contribution in [-0.4, -0.2) is 23.3 Å². The largest absolute Gasteiger partial charge is 0.394 e. The quantitative estimate of drug-likeness (QED) is 0.803. The van der Waals surface area contributed by atoms with Crippen LogP contribution >= 0.6 is 15.9 Å². The third-order valence-electron chi connectivity index (χ3n) is 3.34. The van der Waals surface area contributed by atoms with Gasteiger partial charge < -0.3 is 15.7 Å². The predicted octanol–water partition coefficient (Wildman–Crippen LogP) is 2.88. The molecule has 18 heavy (non-hydrogen) atoms. The van der Waals surface area contributed by atoms with Gasteiger partial charge in [-0.15, -0.1) is 0 Å². The van der Waals surface area contributed by atoms with Gasteiger partial charge in [0.2, 0.25) is 0 Å². The van der Waals surface area contributed by atoms with E-state index in [1.165, 1.54) is 0 Å². The average molecular weight is 313 g/mol. The molecular weight excluding hydrogens is 296 g/mol. The first-order chi connectivity index (χ1) is 8.63. The van der Waals surface area contributed by atoms with E-state index >= 15 is 0 Å². The summed E-state index contributed by atoms with van der Waals surface area (Å²) in [5.41, 5.74) is 0.307. The molecule has 1 aromatic carbocycles. The molecule has 0 aliphatic heterocycles. The molecule has 0 unspecified atom stereocenters. The monoisotopic (exact) mass is 312 g/mol. The Morgan fingerprint density at radius 2 is 1.89 bits per heavy atom. The Balaban J connectivity index is 1.94. The van der Waals surface area contributed by atoms with Gasteiger partial charge in [0, 0.05) is 10.2 Å². The van der Waals surface area contributed by atoms with Crippen molar-refractivity contribution in [1.29, 1.82) is 0 Å². The summed E-state index contributed by atoms with van der Waals surface area (Å²) in [6, 6.07) is 7.13. The van der Waals surface area contributed by atoms with Gasteiger partial charge in [0.25, 0.3) is 0 Å². The minimum atomic E-state index is -0.431. The zero-order valence-corrected chi connectivity index (χ0v) is 11.7. The summed E-state index contributed by atoms with van der Waals surface area (Å²) in [4.78, 5) is 11.9. The lowest BCUT2D eigenvalue weighted by molar-refractivity contribution is 0.167. The second-order valence-electron chi connectivity index (χ2n) is 4.73. The molecule has 0 atom stereocenters. The molecule has 0 heterocycles. The zero-order chi connectivity index (χ0) is 13.0. The van der Waals surface area contributed by atoms with Crippen LogP contribution < -0.4 is 10.6 Å². The maximum absolute atomic E-state index is 11.9. The first kappa shape index (κ1) is 13.4. The number of anilines is 1. The van der Waals surface area contributed by atoms with Crippen LogP contribution in [0.5, 0.6) is 0 Å². The molecule has 5 heteroatoms. The van der Waals surface area contributed by atoms with E-state index in [1.807, 2.05) is 24.3 Å². The smallest absolute Gasteiger partial charge is 0.319 e. The third-order valence-corrected chi connectivity index (χ3v) is 3.87. The van der Waals surface area contributed by atoms with E-state index < -0.39 is 5.54 Å². The molecule has 0 bridgehead atoms. The summed E-state index contributed by atoms with van der Waals surface area (Å²) in [7, 11) is 0. The number of halogens is 1. The fourth-order valence-corrected chi connectivity index (χ4v) is 2.58. The molecule has 4 nitrogen and oxygen atoms in total. The minimum Gasteiger partial charge on any atom is -0.394 e. The first-order valence-corrected chi connectivity index (χ1v) is 6.88. The van der Waals surface area contributed by atoms with E-state index in [0.29, 0.717) is 0 Å². The van der Waals surface area contributed by atoms with Crippen molar-refractivity contribution in [2.75, 3.05) is 11.9 Å². The van der Waals surface area contributed by atoms with E-state index in [4.69, 9.17) is 0 Å². The molecule has 98 valence electrons. The molecule has 2 amide bonds. The Bertz CT molecular complexity index is 414. The van der Waals surface area contributed by atoms with Crippen molar-refractivity contribution in [3.63, 3.8) is 0 Å². The van der Waals surface area contributed by atoms with Gasteiger partial charge in [-0.2, -0.15) is 0 Å². The Morgan fingerprint density at radius 3 is 2.44 bits per heavy atom. The lowest BCUT2D eigenvalue weighted by atomic mass is 9.99. The lowest BCUT2D eigenvalue weighted by Crippen LogP contribution is -2.50. The van der Waals surface area contributed by atoms with E-state index in [-0.39, 0.29) is 12.6 Å². The highest BCUT2D eigenvalue weighted by atomic mass is 79.9. The number of hydrogen-bond donors (Lipinski definition) is 3. The maximum atomic E-state index is 11.9. The van der Waals surface area contributed by atoms with E-state index in [0.717, 1.165) is 35.8 Å². The van der Waals surface area contributed by atoms with Gasteiger partial charge in [-0.3, -0.25) is 0 Å². The van der Waals surface area contributed by atoms with Crippen LogP contribution in [0.3, 0.4) is 0 Å². The number of carbonyl (C=O) groups excluding carboxylic acids is 1. The second-order valence-corrected chi connectivity index (χ2v) is 5.65. The van der Waals surface area contributed by atoms with Crippen LogP contribution in [0.1, 0.15) is 25.7 Å². The molecule has 1 saturated carbocycles. The molecular formula is C13H17BrN2O2. The van der Waals surface area contributed by atoms with Gasteiger partial charge in [-0.1, -0.05) is 28.8 Å². The van der Waals surface area contributed by atoms with Gasteiger partial charge >= 0.3 is 6.03 Å². The zero-order valence-electron chi connectivity index (χ0n) is 10.1. The van der Waals surface area contributed by atoms with Crippen LogP contribution in [0, 0.1) is 0 Å². The Labute approximate surface area is 115 Å². The first-order valence-electron chi connectivity index (χ1n) is 6.09. The summed E-state index contributed by atoms with van der Waals surface area (Å²) < 4.78 is 0.969. The standard InChI is InChI=1S/C13H17BrN2O2/c14-10-3-5-11(6-4-10)15-12(18)16-13(9-17)7-1-2-8-13/h3-6,17H,1-2,7-9H2,(H2,15,16,18). The van der Waals surface area contributed by atoms with Crippen molar-refractivity contribution in [1.82, 2.24) is 5.32 Å². The van der Waals surface area contributed by atoms with Crippen molar-refractivity contribution in [2.24, 2.45) is 0 Å². The van der Waals surface area contributed by atoms with Crippen LogP contribution in [0.25, 0.3) is 0 Å². The van der Waals surface area contributed by atoms with Gasteiger partial charge in [0.1, 0.15) is 0 Å². The molecule has 1 aliphatic carbocycles. The fraction of sp³-hybridized carbons (Fsp3) is 0.462. The number of carbonyl (C=O) groups is 1. The highest BCUT2D eigenvalue weighted by Gasteiger charge is 2.34. The topological polar surface area (TPSA) is 61.4 Å². The van der Waals surface area contributed by atoms with Crippen LogP contribution in [0.2, 0.25) is 0 Å². The molecule has 0 radical (unpaired) electrons. The normalized spacial score (nSPS) is 17.4. The summed E-state index contributed by atoms with van der Waals surface area (Å²) in [5.74, 6) is 0. The lowest BCUT2D eigenvalue weighted by Gasteiger charge is -2.27. The van der Waals surface area contributed by atoms with Crippen molar-refractivity contribution in [2.45, 2.75) is 31.2 Å². The van der Waals surface area contributed by atoms with Crippen LogP contribution in [0.4, 0.5) is 10.5 Å². The molecule has 1 fully saturated rings. The highest BCUT2D eigenvalue weighted by Crippen LogP contribution is 2.29. The number of rotatable bonds is 3. The Kier molecular flexibility index (Phi) is 4.24. The number of urea groups is 1. The summed E-state index contributed by atoms with van der Waals surface area (Å²) in [6.07, 6.45) is 3.80. The third kappa shape index (κ3) is 3.23. The van der Waals surface area contributed by atoms with E-state index in [9.17, 15) is 9.90 Å². The van der Waals surface area contributed by atoms with Gasteiger partial charge in [0.15, 0.2) is 0 Å². The number of benzene rings is 1. The molecule has 0 aromatic heterocycles. The van der Waals surface area contributed by atoms with E-state index in [1.54, 1.807) is 0 Å². The van der Waals surface area contributed by atoms with Crippen molar-refractivity contribution in [3.8, 4) is 0 Å². The van der Waals surface area contributed by atoms with Crippen molar-refractivity contribution < 1.29 is 9.90 Å².